The van der Waals surface area contributed by atoms with Crippen LogP contribution >= 0.6 is 0 Å². The first kappa shape index (κ1) is 36.3. The third kappa shape index (κ3) is 7.97. The lowest BCUT2D eigenvalue weighted by atomic mass is 9.85. The molecule has 2 aromatic carbocycles. The van der Waals surface area contributed by atoms with E-state index in [-0.39, 0.29) is 23.6 Å². The minimum absolute atomic E-state index is 0.155. The number of pyridine rings is 1. The Labute approximate surface area is 313 Å². The van der Waals surface area contributed by atoms with Gasteiger partial charge in [-0.15, -0.1) is 10.2 Å². The fourth-order valence-electron chi connectivity index (χ4n) is 7.39. The minimum Gasteiger partial charge on any atom is -0.484 e. The molecule has 2 aliphatic rings. The average Bonchev–Trinajstić information content (AvgIpc) is 3.76. The highest BCUT2D eigenvalue weighted by Crippen LogP contribution is 2.39. The lowest BCUT2D eigenvalue weighted by molar-refractivity contribution is 0.171. The van der Waals surface area contributed by atoms with Crippen LogP contribution in [0.25, 0.3) is 11.3 Å². The topological polar surface area (TPSA) is 108 Å². The molecule has 2 N–H and O–H groups in total. The number of urea groups is 1. The van der Waals surface area contributed by atoms with Gasteiger partial charge in [-0.2, -0.15) is 5.10 Å². The number of hydrogen-bond donors (Lipinski definition) is 2. The molecule has 0 spiro atoms. The van der Waals surface area contributed by atoms with Crippen molar-refractivity contribution < 1.29 is 9.53 Å². The maximum absolute atomic E-state index is 13.8. The first-order chi connectivity index (χ1) is 25.4. The number of ether oxygens (including phenoxy) is 1. The summed E-state index contributed by atoms with van der Waals surface area (Å²) in [5, 5.41) is 20.4. The van der Waals surface area contributed by atoms with Gasteiger partial charge in [0.25, 0.3) is 0 Å². The van der Waals surface area contributed by atoms with Gasteiger partial charge in [0.05, 0.1) is 23.6 Å². The zero-order valence-corrected chi connectivity index (χ0v) is 32.2. The maximum Gasteiger partial charge on any atom is 0.320 e. The van der Waals surface area contributed by atoms with Gasteiger partial charge in [-0.05, 0) is 94.6 Å². The molecule has 1 aliphatic heterocycles. The van der Waals surface area contributed by atoms with Crippen molar-refractivity contribution in [2.24, 2.45) is 0 Å². The molecule has 0 saturated carbocycles. The van der Waals surface area contributed by atoms with E-state index in [9.17, 15) is 4.79 Å². The Kier molecular flexibility index (Phi) is 10.3. The molecule has 3 atom stereocenters. The molecule has 53 heavy (non-hydrogen) atoms. The lowest BCUT2D eigenvalue weighted by Gasteiger charge is -2.33. The van der Waals surface area contributed by atoms with Gasteiger partial charge in [-0.25, -0.2) is 9.48 Å². The summed E-state index contributed by atoms with van der Waals surface area (Å²) in [5.74, 6) is 2.25. The number of carbonyl (C=O) groups excluding carboxylic acids is 1. The van der Waals surface area contributed by atoms with Gasteiger partial charge in [-0.1, -0.05) is 51.1 Å². The molecule has 1 fully saturated rings. The SMILES string of the molecule is C[C@H]1CCCCN1c1nnc2ccc(O[C@@H]3CC[C@H](NC(=O)Nc4cc(C(C)(C)C)nn4-c4cccc(N(C)CCN(C)C)c4)c4ccccc43)cn12. The highest BCUT2D eigenvalue weighted by Gasteiger charge is 2.31. The van der Waals surface area contributed by atoms with Crippen LogP contribution in [0.3, 0.4) is 0 Å². The fourth-order valence-corrected chi connectivity index (χ4v) is 7.39. The summed E-state index contributed by atoms with van der Waals surface area (Å²) < 4.78 is 10.6. The Hall–Kier alpha value is -5.10. The van der Waals surface area contributed by atoms with Crippen molar-refractivity contribution in [3.8, 4) is 11.4 Å². The quantitative estimate of drug-likeness (QED) is 0.154. The smallest absolute Gasteiger partial charge is 0.320 e. The summed E-state index contributed by atoms with van der Waals surface area (Å²) in [4.78, 5) is 20.5. The first-order valence-electron chi connectivity index (χ1n) is 19.0. The Bertz CT molecular complexity index is 2050. The highest BCUT2D eigenvalue weighted by molar-refractivity contribution is 5.89. The molecule has 280 valence electrons. The summed E-state index contributed by atoms with van der Waals surface area (Å²) in [6.45, 7) is 11.5. The van der Waals surface area contributed by atoms with E-state index in [4.69, 9.17) is 9.84 Å². The van der Waals surface area contributed by atoms with Crippen LogP contribution < -0.4 is 25.2 Å². The third-order valence-electron chi connectivity index (χ3n) is 10.6. The number of nitrogens with zero attached hydrogens (tertiary/aromatic N) is 8. The van der Waals surface area contributed by atoms with Crippen molar-refractivity contribution in [2.75, 3.05) is 55.9 Å². The monoisotopic (exact) mass is 718 g/mol. The molecular formula is C41H54N10O2. The van der Waals surface area contributed by atoms with Crippen LogP contribution in [0.2, 0.25) is 0 Å². The molecule has 1 saturated heterocycles. The number of fused-ring (bicyclic) bond motifs is 2. The number of nitrogens with one attached hydrogen (secondary N) is 2. The molecule has 0 unspecified atom stereocenters. The second-order valence-electron chi connectivity index (χ2n) is 15.9. The molecular weight excluding hydrogens is 665 g/mol. The molecule has 0 radical (unpaired) electrons. The van der Waals surface area contributed by atoms with E-state index in [2.05, 4.69) is 113 Å². The molecule has 2 amide bonds. The van der Waals surface area contributed by atoms with E-state index in [1.165, 1.54) is 6.42 Å². The Morgan fingerprint density at radius 1 is 0.925 bits per heavy atom. The highest BCUT2D eigenvalue weighted by atomic mass is 16.5. The number of amides is 2. The second kappa shape index (κ2) is 15.1. The molecule has 0 bridgehead atoms. The Morgan fingerprint density at radius 3 is 2.51 bits per heavy atom. The van der Waals surface area contributed by atoms with Gasteiger partial charge in [0, 0.05) is 49.9 Å². The Morgan fingerprint density at radius 2 is 1.74 bits per heavy atom. The average molecular weight is 719 g/mol. The zero-order chi connectivity index (χ0) is 37.3. The van der Waals surface area contributed by atoms with Gasteiger partial charge < -0.3 is 24.8 Å². The molecule has 7 rings (SSSR count). The molecule has 4 heterocycles. The molecule has 12 nitrogen and oxygen atoms in total. The van der Waals surface area contributed by atoms with E-state index in [1.54, 1.807) is 0 Å². The van der Waals surface area contributed by atoms with Crippen LogP contribution in [-0.4, -0.2) is 82.1 Å². The predicted octanol–water partition coefficient (Wildman–Crippen LogP) is 7.37. The summed E-state index contributed by atoms with van der Waals surface area (Å²) in [6.07, 6.45) is 6.89. The molecule has 3 aromatic heterocycles. The van der Waals surface area contributed by atoms with Crippen molar-refractivity contribution in [2.45, 2.75) is 83.4 Å². The summed E-state index contributed by atoms with van der Waals surface area (Å²) in [5.41, 5.74) is 5.60. The molecule has 5 aromatic rings. The van der Waals surface area contributed by atoms with Crippen LogP contribution in [0.4, 0.5) is 22.2 Å². The van der Waals surface area contributed by atoms with Crippen LogP contribution in [0, 0.1) is 0 Å². The van der Waals surface area contributed by atoms with E-state index >= 15 is 0 Å². The van der Waals surface area contributed by atoms with Crippen molar-refractivity contribution in [3.63, 3.8) is 0 Å². The number of piperidine rings is 1. The second-order valence-corrected chi connectivity index (χ2v) is 15.9. The van der Waals surface area contributed by atoms with Crippen LogP contribution in [0.1, 0.15) is 88.8 Å². The standard InChI is InChI=1S/C41H54N10O2/c1-28-13-10-11-22-49(28)40-45-44-37-21-18-31(27-50(37)40)53-35-20-19-34(32-16-8-9-17-33(32)35)42-39(52)43-38-26-36(41(2,3)4)46-51(38)30-15-12-14-29(25-30)48(7)24-23-47(5)6/h8-9,12,14-18,21,25-28,34-35H,10-11,13,19-20,22-24H2,1-7H3,(H2,42,43,52)/t28-,34-,35+/m0/s1. The Balaban J connectivity index is 1.08. The molecule has 12 heteroatoms. The van der Waals surface area contributed by atoms with Crippen LogP contribution in [0.15, 0.2) is 72.9 Å². The summed E-state index contributed by atoms with van der Waals surface area (Å²) >= 11 is 0. The van der Waals surface area contributed by atoms with Crippen molar-refractivity contribution in [1.29, 1.82) is 0 Å². The zero-order valence-electron chi connectivity index (χ0n) is 32.2. The van der Waals surface area contributed by atoms with Crippen molar-refractivity contribution >= 4 is 29.1 Å². The summed E-state index contributed by atoms with van der Waals surface area (Å²) in [6, 6.07) is 22.4. The fraction of sp³-hybridized carbons (Fsp3) is 0.463. The van der Waals surface area contributed by atoms with Crippen LogP contribution in [-0.2, 0) is 5.41 Å². The number of hydrogen-bond acceptors (Lipinski definition) is 8. The largest absolute Gasteiger partial charge is 0.484 e. The normalized spacial score (nSPS) is 18.9. The predicted molar refractivity (Wildman–Crippen MR) is 212 cm³/mol. The number of benzene rings is 2. The summed E-state index contributed by atoms with van der Waals surface area (Å²) in [7, 11) is 6.25. The van der Waals surface area contributed by atoms with E-state index < -0.39 is 0 Å². The number of rotatable bonds is 10. The number of likely N-dealkylation sites (N-methyl/N-ethyl adjacent to an activating group) is 2. The maximum atomic E-state index is 13.8. The number of anilines is 3. The lowest BCUT2D eigenvalue weighted by Crippen LogP contribution is -2.38. The van der Waals surface area contributed by atoms with E-state index in [0.717, 1.165) is 90.9 Å². The van der Waals surface area contributed by atoms with Crippen LogP contribution in [0.5, 0.6) is 5.75 Å². The molecule has 1 aliphatic carbocycles. The van der Waals surface area contributed by atoms with E-state index in [0.29, 0.717) is 11.9 Å². The first-order valence-corrected chi connectivity index (χ1v) is 19.0. The minimum atomic E-state index is -0.275. The van der Waals surface area contributed by atoms with E-state index in [1.807, 2.05) is 53.3 Å². The van der Waals surface area contributed by atoms with Crippen molar-refractivity contribution in [1.82, 2.24) is 34.6 Å². The van der Waals surface area contributed by atoms with Gasteiger partial charge in [0.15, 0.2) is 5.65 Å². The van der Waals surface area contributed by atoms with Gasteiger partial charge >= 0.3 is 6.03 Å². The third-order valence-corrected chi connectivity index (χ3v) is 10.6. The van der Waals surface area contributed by atoms with Crippen molar-refractivity contribution in [3.05, 3.63) is 89.7 Å². The van der Waals surface area contributed by atoms with Gasteiger partial charge in [0.2, 0.25) is 5.95 Å². The number of carbonyl (C=O) groups is 1. The van der Waals surface area contributed by atoms with Gasteiger partial charge in [0.1, 0.15) is 17.7 Å². The van der Waals surface area contributed by atoms with Gasteiger partial charge in [-0.3, -0.25) is 9.72 Å². The number of aromatic nitrogens is 5.